The minimum absolute atomic E-state index is 0.435. The van der Waals surface area contributed by atoms with Crippen LogP contribution >= 0.6 is 0 Å². The molecule has 0 aromatic carbocycles. The Balaban J connectivity index is 2.19. The van der Waals surface area contributed by atoms with Gasteiger partial charge in [0.15, 0.2) is 0 Å². The fourth-order valence-corrected chi connectivity index (χ4v) is 1.91. The summed E-state index contributed by atoms with van der Waals surface area (Å²) in [5, 5.41) is 0. The van der Waals surface area contributed by atoms with Gasteiger partial charge in [-0.25, -0.2) is 4.98 Å². The van der Waals surface area contributed by atoms with Gasteiger partial charge in [0.05, 0.1) is 12.6 Å². The lowest BCUT2D eigenvalue weighted by atomic mass is 10.2. The van der Waals surface area contributed by atoms with E-state index in [-0.39, 0.29) is 0 Å². The molecule has 1 atom stereocenters. The van der Waals surface area contributed by atoms with E-state index in [0.717, 1.165) is 31.0 Å². The van der Waals surface area contributed by atoms with Gasteiger partial charge in [0.2, 0.25) is 0 Å². The molecule has 4 nitrogen and oxygen atoms in total. The van der Waals surface area contributed by atoms with Gasteiger partial charge in [-0.3, -0.25) is 0 Å². The summed E-state index contributed by atoms with van der Waals surface area (Å²) >= 11 is 0. The van der Waals surface area contributed by atoms with Gasteiger partial charge in [0.25, 0.3) is 0 Å². The average Bonchev–Trinajstić information content (AvgIpc) is 2.81. The molecule has 2 rings (SSSR count). The molecule has 82 valence electrons. The Bertz CT molecular complexity index is 323. The Kier molecular flexibility index (Phi) is 3.18. The summed E-state index contributed by atoms with van der Waals surface area (Å²) in [7, 11) is 2.06. The molecule has 1 unspecified atom stereocenters. The molecule has 2 N–H and O–H groups in total. The fraction of sp³-hybridized carbons (Fsp3) is 0.545. The molecule has 0 saturated carbocycles. The maximum absolute atomic E-state index is 5.69. The Morgan fingerprint density at radius 3 is 3.20 bits per heavy atom. The van der Waals surface area contributed by atoms with Crippen LogP contribution in [0.2, 0.25) is 0 Å². The van der Waals surface area contributed by atoms with E-state index < -0.39 is 0 Å². The van der Waals surface area contributed by atoms with Crippen molar-refractivity contribution in [2.45, 2.75) is 19.0 Å². The van der Waals surface area contributed by atoms with Gasteiger partial charge in [-0.05, 0) is 12.5 Å². The van der Waals surface area contributed by atoms with Gasteiger partial charge in [-0.15, -0.1) is 0 Å². The van der Waals surface area contributed by atoms with Gasteiger partial charge in [0.1, 0.15) is 5.82 Å². The second-order valence-corrected chi connectivity index (χ2v) is 3.82. The number of likely N-dealkylation sites (N-methyl/N-ethyl adjacent to an activating group) is 1. The number of hydrogen-bond donors (Lipinski definition) is 1. The van der Waals surface area contributed by atoms with E-state index in [1.165, 1.54) is 0 Å². The van der Waals surface area contributed by atoms with Crippen molar-refractivity contribution in [2.24, 2.45) is 5.73 Å². The molecule has 1 aromatic rings. The van der Waals surface area contributed by atoms with E-state index in [9.17, 15) is 0 Å². The predicted molar refractivity (Wildman–Crippen MR) is 59.8 cm³/mol. The number of pyridine rings is 1. The Labute approximate surface area is 90.0 Å². The number of nitrogens with zero attached hydrogens (tertiary/aromatic N) is 2. The maximum Gasteiger partial charge on any atom is 0.133 e. The maximum atomic E-state index is 5.69. The third-order valence-corrected chi connectivity index (χ3v) is 2.87. The van der Waals surface area contributed by atoms with Gasteiger partial charge >= 0.3 is 0 Å². The number of rotatable bonds is 3. The van der Waals surface area contributed by atoms with Crippen molar-refractivity contribution in [2.75, 3.05) is 25.2 Å². The van der Waals surface area contributed by atoms with Gasteiger partial charge < -0.3 is 15.4 Å². The zero-order valence-corrected chi connectivity index (χ0v) is 9.02. The monoisotopic (exact) mass is 207 g/mol. The summed E-state index contributed by atoms with van der Waals surface area (Å²) < 4.78 is 5.37. The van der Waals surface area contributed by atoms with Gasteiger partial charge in [-0.2, -0.15) is 0 Å². The van der Waals surface area contributed by atoms with Crippen LogP contribution in [0.3, 0.4) is 0 Å². The van der Waals surface area contributed by atoms with Crippen molar-refractivity contribution in [3.05, 3.63) is 23.9 Å². The average molecular weight is 207 g/mol. The second-order valence-electron chi connectivity index (χ2n) is 3.82. The number of nitrogens with two attached hydrogens (primary N) is 1. The highest BCUT2D eigenvalue weighted by Gasteiger charge is 2.22. The molecule has 4 heteroatoms. The molecule has 1 saturated heterocycles. The summed E-state index contributed by atoms with van der Waals surface area (Å²) in [6.45, 7) is 2.16. The molecule has 15 heavy (non-hydrogen) atoms. The molecular weight excluding hydrogens is 190 g/mol. The zero-order chi connectivity index (χ0) is 10.7. The van der Waals surface area contributed by atoms with Crippen LogP contribution in [0, 0.1) is 0 Å². The van der Waals surface area contributed by atoms with E-state index >= 15 is 0 Å². The van der Waals surface area contributed by atoms with Gasteiger partial charge in [-0.1, -0.05) is 6.07 Å². The number of ether oxygens (including phenoxy) is 1. The third-order valence-electron chi connectivity index (χ3n) is 2.87. The predicted octanol–water partition coefficient (Wildman–Crippen LogP) is 0.765. The van der Waals surface area contributed by atoms with E-state index in [0.29, 0.717) is 12.6 Å². The third kappa shape index (κ3) is 2.11. The van der Waals surface area contributed by atoms with E-state index in [1.54, 1.807) is 6.20 Å². The first-order valence-corrected chi connectivity index (χ1v) is 5.27. The molecule has 0 amide bonds. The summed E-state index contributed by atoms with van der Waals surface area (Å²) in [6.07, 6.45) is 2.87. The van der Waals surface area contributed by atoms with E-state index in [1.807, 2.05) is 12.1 Å². The van der Waals surface area contributed by atoms with Crippen LogP contribution < -0.4 is 10.6 Å². The molecule has 2 heterocycles. The van der Waals surface area contributed by atoms with Crippen molar-refractivity contribution in [1.82, 2.24) is 4.98 Å². The second kappa shape index (κ2) is 4.59. The van der Waals surface area contributed by atoms with E-state index in [2.05, 4.69) is 16.9 Å². The van der Waals surface area contributed by atoms with Crippen LogP contribution in [0.15, 0.2) is 18.3 Å². The molecule has 0 aliphatic carbocycles. The summed E-state index contributed by atoms with van der Waals surface area (Å²) in [5.74, 6) is 0.982. The molecule has 1 aliphatic rings. The summed E-state index contributed by atoms with van der Waals surface area (Å²) in [6, 6.07) is 4.38. The first-order chi connectivity index (χ1) is 7.33. The lowest BCUT2D eigenvalue weighted by Crippen LogP contribution is -2.33. The van der Waals surface area contributed by atoms with Crippen molar-refractivity contribution in [3.63, 3.8) is 0 Å². The minimum atomic E-state index is 0.435. The van der Waals surface area contributed by atoms with Crippen LogP contribution in [0.5, 0.6) is 0 Å². The number of hydrogen-bond acceptors (Lipinski definition) is 4. The molecule has 0 bridgehead atoms. The largest absolute Gasteiger partial charge is 0.379 e. The highest BCUT2D eigenvalue weighted by molar-refractivity contribution is 5.47. The van der Waals surface area contributed by atoms with Crippen LogP contribution in [-0.4, -0.2) is 31.3 Å². The van der Waals surface area contributed by atoms with Crippen LogP contribution in [0.4, 0.5) is 5.82 Å². The van der Waals surface area contributed by atoms with Crippen LogP contribution in [-0.2, 0) is 11.3 Å². The first-order valence-electron chi connectivity index (χ1n) is 5.27. The zero-order valence-electron chi connectivity index (χ0n) is 9.02. The molecule has 0 radical (unpaired) electrons. The molecule has 1 aliphatic heterocycles. The van der Waals surface area contributed by atoms with Crippen LogP contribution in [0.1, 0.15) is 12.0 Å². The minimum Gasteiger partial charge on any atom is -0.379 e. The fourth-order valence-electron chi connectivity index (χ4n) is 1.91. The quantitative estimate of drug-likeness (QED) is 0.795. The topological polar surface area (TPSA) is 51.4 Å². The van der Waals surface area contributed by atoms with Crippen molar-refractivity contribution >= 4 is 5.82 Å². The highest BCUT2D eigenvalue weighted by atomic mass is 16.5. The molecule has 1 aromatic heterocycles. The first kappa shape index (κ1) is 10.4. The normalized spacial score (nSPS) is 20.5. The summed E-state index contributed by atoms with van der Waals surface area (Å²) in [4.78, 5) is 6.56. The Morgan fingerprint density at radius 1 is 1.67 bits per heavy atom. The SMILES string of the molecule is CN(c1ncccc1CN)C1CCOC1. The number of anilines is 1. The van der Waals surface area contributed by atoms with E-state index in [4.69, 9.17) is 10.5 Å². The standard InChI is InChI=1S/C11H17N3O/c1-14(10-4-6-15-8-10)11-9(7-12)3-2-5-13-11/h2-3,5,10H,4,6-8,12H2,1H3. The Hall–Kier alpha value is -1.13. The number of aromatic nitrogens is 1. The lowest BCUT2D eigenvalue weighted by molar-refractivity contribution is 0.193. The van der Waals surface area contributed by atoms with Crippen molar-refractivity contribution in [1.29, 1.82) is 0 Å². The van der Waals surface area contributed by atoms with Crippen LogP contribution in [0.25, 0.3) is 0 Å². The van der Waals surface area contributed by atoms with Gasteiger partial charge in [0, 0.05) is 32.0 Å². The highest BCUT2D eigenvalue weighted by Crippen LogP contribution is 2.21. The Morgan fingerprint density at radius 2 is 2.53 bits per heavy atom. The summed E-state index contributed by atoms with van der Waals surface area (Å²) in [5.41, 5.74) is 6.78. The smallest absolute Gasteiger partial charge is 0.133 e. The molecular formula is C11H17N3O. The molecule has 1 fully saturated rings. The van der Waals surface area contributed by atoms with Crippen molar-refractivity contribution < 1.29 is 4.74 Å². The lowest BCUT2D eigenvalue weighted by Gasteiger charge is -2.26. The molecule has 0 spiro atoms. The van der Waals surface area contributed by atoms with Crippen molar-refractivity contribution in [3.8, 4) is 0 Å².